The van der Waals surface area contributed by atoms with Crippen molar-refractivity contribution in [3.8, 4) is 0 Å². The Hall–Kier alpha value is -1.68. The summed E-state index contributed by atoms with van der Waals surface area (Å²) < 4.78 is 7.15. The van der Waals surface area contributed by atoms with Crippen molar-refractivity contribution in [2.24, 2.45) is 0 Å². The zero-order valence-electron chi connectivity index (χ0n) is 16.8. The Kier molecular flexibility index (Phi) is 6.35. The molecule has 1 N–H and O–H groups in total. The summed E-state index contributed by atoms with van der Waals surface area (Å²) in [7, 11) is -2.47. The Morgan fingerprint density at radius 2 is 1.52 bits per heavy atom. The fourth-order valence-corrected chi connectivity index (χ4v) is 8.94. The predicted molar refractivity (Wildman–Crippen MR) is 116 cm³/mol. The van der Waals surface area contributed by atoms with Crippen LogP contribution in [-0.2, 0) is 4.43 Å². The average molecular weight is 381 g/mol. The minimum Gasteiger partial charge on any atom is -0.401 e. The van der Waals surface area contributed by atoms with Crippen LogP contribution in [0.25, 0.3) is 0 Å². The van der Waals surface area contributed by atoms with E-state index in [0.29, 0.717) is 0 Å². The summed E-state index contributed by atoms with van der Waals surface area (Å²) in [6.45, 7) is 7.23. The molecule has 3 rings (SSSR count). The number of benzene rings is 2. The minimum absolute atomic E-state index is 0.0113. The molecule has 0 radical (unpaired) electrons. The van der Waals surface area contributed by atoms with Crippen LogP contribution in [0.1, 0.15) is 46.5 Å². The topological polar surface area (TPSA) is 29.5 Å². The molecule has 144 valence electrons. The van der Waals surface area contributed by atoms with Gasteiger partial charge in [-0.3, -0.25) is 0 Å². The Balaban J connectivity index is 2.04. The van der Waals surface area contributed by atoms with Crippen LogP contribution < -0.4 is 10.4 Å². The molecule has 2 aromatic carbocycles. The molecule has 0 aliphatic heterocycles. The van der Waals surface area contributed by atoms with Gasteiger partial charge in [-0.25, -0.2) is 0 Å². The van der Waals surface area contributed by atoms with Gasteiger partial charge in [0.15, 0.2) is 0 Å². The van der Waals surface area contributed by atoms with E-state index in [9.17, 15) is 0 Å². The average Bonchev–Trinajstić information content (AvgIpc) is 3.12. The Morgan fingerprint density at radius 3 is 2.00 bits per heavy atom. The highest BCUT2D eigenvalue weighted by Gasteiger charge is 2.51. The first-order valence-electron chi connectivity index (χ1n) is 10.1. The molecule has 0 bridgehead atoms. The van der Waals surface area contributed by atoms with Gasteiger partial charge in [0, 0.05) is 6.61 Å². The lowest BCUT2D eigenvalue weighted by Gasteiger charge is -2.44. The van der Waals surface area contributed by atoms with Gasteiger partial charge in [-0.2, -0.15) is 0 Å². The van der Waals surface area contributed by atoms with Crippen LogP contribution in [0.15, 0.2) is 72.3 Å². The third kappa shape index (κ3) is 4.26. The molecule has 1 aliphatic rings. The van der Waals surface area contributed by atoms with Crippen LogP contribution >= 0.6 is 0 Å². The van der Waals surface area contributed by atoms with E-state index in [1.165, 1.54) is 15.9 Å². The molecule has 0 amide bonds. The van der Waals surface area contributed by atoms with Crippen molar-refractivity contribution in [3.05, 3.63) is 72.3 Å². The summed E-state index contributed by atoms with van der Waals surface area (Å²) in [5.41, 5.74) is 1.44. The van der Waals surface area contributed by atoms with Crippen LogP contribution in [0.3, 0.4) is 0 Å². The number of aliphatic hydroxyl groups excluding tert-OH is 1. The maximum atomic E-state index is 9.13. The van der Waals surface area contributed by atoms with E-state index in [2.05, 4.69) is 87.5 Å². The number of rotatable bonds is 7. The summed E-state index contributed by atoms with van der Waals surface area (Å²) in [4.78, 5) is 0. The molecular weight excluding hydrogens is 348 g/mol. The zero-order chi connectivity index (χ0) is 19.3. The quantitative estimate of drug-likeness (QED) is 0.569. The van der Waals surface area contributed by atoms with Crippen molar-refractivity contribution in [1.82, 2.24) is 0 Å². The molecule has 3 heteroatoms. The van der Waals surface area contributed by atoms with Gasteiger partial charge in [-0.15, -0.1) is 0 Å². The van der Waals surface area contributed by atoms with Gasteiger partial charge >= 0.3 is 0 Å². The summed E-state index contributed by atoms with van der Waals surface area (Å²) >= 11 is 0. The number of hydrogen-bond donors (Lipinski definition) is 1. The van der Waals surface area contributed by atoms with E-state index < -0.39 is 8.32 Å². The molecule has 0 fully saturated rings. The van der Waals surface area contributed by atoms with E-state index >= 15 is 0 Å². The van der Waals surface area contributed by atoms with Crippen molar-refractivity contribution >= 4 is 18.7 Å². The highest BCUT2D eigenvalue weighted by molar-refractivity contribution is 6.99. The van der Waals surface area contributed by atoms with Gasteiger partial charge in [-0.1, -0.05) is 93.1 Å². The molecule has 1 atom stereocenters. The van der Waals surface area contributed by atoms with E-state index in [1.54, 1.807) is 0 Å². The normalized spacial score (nSPS) is 17.8. The van der Waals surface area contributed by atoms with Crippen LogP contribution in [0, 0.1) is 0 Å². The second-order valence-corrected chi connectivity index (χ2v) is 12.8. The first-order valence-corrected chi connectivity index (χ1v) is 12.0. The minimum atomic E-state index is -2.47. The summed E-state index contributed by atoms with van der Waals surface area (Å²) in [5, 5.41) is 11.8. The first-order chi connectivity index (χ1) is 13.0. The van der Waals surface area contributed by atoms with Gasteiger partial charge in [0.25, 0.3) is 8.32 Å². The lowest BCUT2D eigenvalue weighted by Crippen LogP contribution is -2.67. The summed E-state index contributed by atoms with van der Waals surface area (Å²) in [6, 6.07) is 21.7. The van der Waals surface area contributed by atoms with E-state index in [4.69, 9.17) is 9.53 Å². The second kappa shape index (κ2) is 8.55. The molecule has 0 saturated heterocycles. The highest BCUT2D eigenvalue weighted by Crippen LogP contribution is 2.39. The molecule has 1 unspecified atom stereocenters. The van der Waals surface area contributed by atoms with Gasteiger partial charge < -0.3 is 9.53 Å². The molecule has 0 aromatic heterocycles. The fourth-order valence-electron chi connectivity index (χ4n) is 4.28. The van der Waals surface area contributed by atoms with Gasteiger partial charge in [-0.05, 0) is 41.1 Å². The van der Waals surface area contributed by atoms with E-state index in [0.717, 1.165) is 25.7 Å². The molecule has 0 saturated carbocycles. The van der Waals surface area contributed by atoms with Gasteiger partial charge in [0.05, 0.1) is 6.10 Å². The largest absolute Gasteiger partial charge is 0.401 e. The Morgan fingerprint density at radius 1 is 0.963 bits per heavy atom. The SMILES string of the molecule is CC(C)(C)[Si](OC1C=C(CCCO)CC1)(c1ccccc1)c1ccccc1. The van der Waals surface area contributed by atoms with Gasteiger partial charge in [0.1, 0.15) is 0 Å². The highest BCUT2D eigenvalue weighted by atomic mass is 28.4. The fraction of sp³-hybridized carbons (Fsp3) is 0.417. The molecule has 1 aliphatic carbocycles. The van der Waals surface area contributed by atoms with Crippen LogP contribution in [-0.4, -0.2) is 26.1 Å². The van der Waals surface area contributed by atoms with Crippen molar-refractivity contribution in [3.63, 3.8) is 0 Å². The van der Waals surface area contributed by atoms with Crippen molar-refractivity contribution < 1.29 is 9.53 Å². The molecule has 2 aromatic rings. The van der Waals surface area contributed by atoms with E-state index in [1.807, 2.05) is 0 Å². The lowest BCUT2D eigenvalue weighted by atomic mass is 10.1. The first kappa shape index (κ1) is 20.1. The summed E-state index contributed by atoms with van der Waals surface area (Å²) in [6.07, 6.45) is 6.45. The molecule has 27 heavy (non-hydrogen) atoms. The standard InChI is InChI=1S/C24H32O2Si/c1-24(2,3)27(22-12-6-4-7-13-22,23-14-8-5-9-15-23)26-21-17-16-20(19-21)11-10-18-25/h4-9,12-15,19,21,25H,10-11,16-18H2,1-3H3. The van der Waals surface area contributed by atoms with Crippen LogP contribution in [0.2, 0.25) is 5.04 Å². The smallest absolute Gasteiger partial charge is 0.261 e. The van der Waals surface area contributed by atoms with Crippen LogP contribution in [0.5, 0.6) is 0 Å². The zero-order valence-corrected chi connectivity index (χ0v) is 17.8. The third-order valence-corrected chi connectivity index (χ3v) is 10.6. The Labute approximate surface area is 165 Å². The predicted octanol–water partition coefficient (Wildman–Crippen LogP) is 4.42. The lowest BCUT2D eigenvalue weighted by molar-refractivity contribution is 0.232. The van der Waals surface area contributed by atoms with Crippen molar-refractivity contribution in [1.29, 1.82) is 0 Å². The molecule has 0 spiro atoms. The molecular formula is C24H32O2Si. The number of allylic oxidation sites excluding steroid dienone is 1. The third-order valence-electron chi connectivity index (χ3n) is 5.57. The van der Waals surface area contributed by atoms with Crippen molar-refractivity contribution in [2.45, 2.75) is 57.6 Å². The number of hydrogen-bond acceptors (Lipinski definition) is 2. The maximum Gasteiger partial charge on any atom is 0.261 e. The second-order valence-electron chi connectivity index (χ2n) is 8.51. The number of aliphatic hydroxyl groups is 1. The maximum absolute atomic E-state index is 9.13. The molecule has 2 nitrogen and oxygen atoms in total. The van der Waals surface area contributed by atoms with Crippen molar-refractivity contribution in [2.75, 3.05) is 6.61 Å². The van der Waals surface area contributed by atoms with Gasteiger partial charge in [0.2, 0.25) is 0 Å². The summed E-state index contributed by atoms with van der Waals surface area (Å²) in [5.74, 6) is 0. The van der Waals surface area contributed by atoms with E-state index in [-0.39, 0.29) is 17.7 Å². The monoisotopic (exact) mass is 380 g/mol. The molecule has 0 heterocycles. The van der Waals surface area contributed by atoms with Crippen LogP contribution in [0.4, 0.5) is 0 Å². The Bertz CT molecular complexity index is 707.